The Labute approximate surface area is 130 Å². The molecule has 21 heavy (non-hydrogen) atoms. The zero-order valence-corrected chi connectivity index (χ0v) is 13.7. The number of hydrogen-bond acceptors (Lipinski definition) is 5. The summed E-state index contributed by atoms with van der Waals surface area (Å²) in [4.78, 5) is 0. The van der Waals surface area contributed by atoms with Gasteiger partial charge in [0.05, 0.1) is 0 Å². The van der Waals surface area contributed by atoms with Gasteiger partial charge in [0, 0.05) is 0 Å². The minimum atomic E-state index is -0.871. The summed E-state index contributed by atoms with van der Waals surface area (Å²) in [5, 5.41) is 19.5. The summed E-state index contributed by atoms with van der Waals surface area (Å²) in [6.45, 7) is 3.44. The normalized spacial score (nSPS) is 38.2. The van der Waals surface area contributed by atoms with Crippen molar-refractivity contribution in [3.8, 4) is 0 Å². The molecule has 3 rings (SSSR count). The maximum absolute atomic E-state index is 10.3. The molecule has 116 valence electrons. The van der Waals surface area contributed by atoms with Gasteiger partial charge in [0.25, 0.3) is 0 Å². The van der Waals surface area contributed by atoms with Crippen LogP contribution in [0.15, 0.2) is 30.3 Å². The third-order valence-electron chi connectivity index (χ3n) is 3.63. The number of benzene rings is 1. The summed E-state index contributed by atoms with van der Waals surface area (Å²) >= 11 is 0.0154. The molecular weight excluding hydrogens is 339 g/mol. The van der Waals surface area contributed by atoms with E-state index in [1.165, 1.54) is 4.46 Å². The number of rotatable bonds is 3. The van der Waals surface area contributed by atoms with E-state index in [-0.39, 0.29) is 32.7 Å². The van der Waals surface area contributed by atoms with E-state index in [4.69, 9.17) is 14.2 Å². The molecule has 0 amide bonds. The second-order valence-corrected chi connectivity index (χ2v) is 8.17. The van der Waals surface area contributed by atoms with Crippen molar-refractivity contribution in [3.05, 3.63) is 30.3 Å². The molecule has 0 radical (unpaired) electrons. The first-order valence-electron chi connectivity index (χ1n) is 7.02. The summed E-state index contributed by atoms with van der Waals surface area (Å²) in [6.07, 6.45) is -2.26. The van der Waals surface area contributed by atoms with Gasteiger partial charge in [-0.25, -0.2) is 0 Å². The van der Waals surface area contributed by atoms with Crippen molar-refractivity contribution >= 4 is 19.4 Å². The third-order valence-corrected chi connectivity index (χ3v) is 6.06. The van der Waals surface area contributed by atoms with E-state index in [0.717, 1.165) is 0 Å². The monoisotopic (exact) mass is 360 g/mol. The van der Waals surface area contributed by atoms with Crippen LogP contribution in [-0.4, -0.2) is 67.0 Å². The van der Waals surface area contributed by atoms with Crippen LogP contribution in [0.1, 0.15) is 13.8 Å². The second-order valence-electron chi connectivity index (χ2n) is 5.71. The van der Waals surface area contributed by atoms with Crippen LogP contribution in [0.3, 0.4) is 0 Å². The molecule has 0 aromatic heterocycles. The molecule has 2 saturated heterocycles. The summed E-state index contributed by atoms with van der Waals surface area (Å²) in [6, 6.07) is 10.1. The number of aliphatic hydroxyl groups is 2. The molecule has 6 heteroatoms. The number of ether oxygens (including phenoxy) is 3. The molecule has 2 aliphatic rings. The van der Waals surface area contributed by atoms with E-state index in [1.807, 2.05) is 32.0 Å². The minimum absolute atomic E-state index is 0.0154. The molecular formula is C15H20O5Se. The van der Waals surface area contributed by atoms with Gasteiger partial charge in [-0.1, -0.05) is 0 Å². The number of hydrogen-bond donors (Lipinski definition) is 2. The Hall–Kier alpha value is -0.461. The molecule has 1 aromatic carbocycles. The molecule has 2 heterocycles. The van der Waals surface area contributed by atoms with E-state index in [0.29, 0.717) is 0 Å². The van der Waals surface area contributed by atoms with E-state index in [2.05, 4.69) is 12.1 Å². The van der Waals surface area contributed by atoms with Crippen LogP contribution in [0.25, 0.3) is 0 Å². The topological polar surface area (TPSA) is 68.2 Å². The van der Waals surface area contributed by atoms with Crippen molar-refractivity contribution in [2.24, 2.45) is 0 Å². The summed E-state index contributed by atoms with van der Waals surface area (Å²) in [5.74, 6) is -0.741. The van der Waals surface area contributed by atoms with Crippen LogP contribution in [0.4, 0.5) is 0 Å². The molecule has 5 nitrogen and oxygen atoms in total. The average Bonchev–Trinajstić information content (AvgIpc) is 2.79. The van der Waals surface area contributed by atoms with Crippen molar-refractivity contribution in [2.75, 3.05) is 6.61 Å². The van der Waals surface area contributed by atoms with E-state index < -0.39 is 24.1 Å². The van der Waals surface area contributed by atoms with E-state index in [1.54, 1.807) is 0 Å². The number of aliphatic hydroxyl groups excluding tert-OH is 2. The Balaban J connectivity index is 1.81. The van der Waals surface area contributed by atoms with E-state index >= 15 is 0 Å². The summed E-state index contributed by atoms with van der Waals surface area (Å²) in [5.41, 5.74) is 0. The zero-order chi connectivity index (χ0) is 15.0. The fraction of sp³-hybridized carbons (Fsp3) is 0.600. The predicted molar refractivity (Wildman–Crippen MR) is 77.4 cm³/mol. The molecule has 5 atom stereocenters. The Morgan fingerprint density at radius 2 is 1.81 bits per heavy atom. The fourth-order valence-corrected chi connectivity index (χ4v) is 5.07. The quantitative estimate of drug-likeness (QED) is 0.720. The Morgan fingerprint density at radius 1 is 1.14 bits per heavy atom. The molecule has 0 saturated carbocycles. The van der Waals surface area contributed by atoms with Gasteiger partial charge in [-0.3, -0.25) is 0 Å². The third kappa shape index (κ3) is 3.17. The molecule has 0 aliphatic carbocycles. The van der Waals surface area contributed by atoms with Gasteiger partial charge >= 0.3 is 130 Å². The van der Waals surface area contributed by atoms with Crippen molar-refractivity contribution in [1.82, 2.24) is 0 Å². The van der Waals surface area contributed by atoms with Crippen LogP contribution in [-0.2, 0) is 14.2 Å². The molecule has 0 unspecified atom stereocenters. The van der Waals surface area contributed by atoms with Gasteiger partial charge in [0.2, 0.25) is 0 Å². The van der Waals surface area contributed by atoms with Crippen LogP contribution in [0.5, 0.6) is 0 Å². The van der Waals surface area contributed by atoms with Crippen LogP contribution < -0.4 is 4.46 Å². The van der Waals surface area contributed by atoms with Crippen LogP contribution in [0.2, 0.25) is 0 Å². The Kier molecular flexibility index (Phi) is 4.39. The van der Waals surface area contributed by atoms with Gasteiger partial charge < -0.3 is 0 Å². The van der Waals surface area contributed by atoms with Crippen LogP contribution in [0, 0.1) is 0 Å². The van der Waals surface area contributed by atoms with Gasteiger partial charge in [0.15, 0.2) is 0 Å². The first kappa shape index (κ1) is 15.4. The first-order chi connectivity index (χ1) is 10.00. The van der Waals surface area contributed by atoms with Crippen molar-refractivity contribution in [2.45, 2.75) is 49.1 Å². The van der Waals surface area contributed by atoms with Gasteiger partial charge in [0.1, 0.15) is 0 Å². The molecule has 2 aliphatic heterocycles. The molecule has 2 N–H and O–H groups in total. The van der Waals surface area contributed by atoms with Gasteiger partial charge in [-0.05, 0) is 0 Å². The second kappa shape index (κ2) is 5.97. The van der Waals surface area contributed by atoms with Gasteiger partial charge in [-0.15, -0.1) is 0 Å². The van der Waals surface area contributed by atoms with E-state index in [9.17, 15) is 10.2 Å². The van der Waals surface area contributed by atoms with Crippen molar-refractivity contribution < 1.29 is 24.4 Å². The summed E-state index contributed by atoms with van der Waals surface area (Å²) in [7, 11) is 0. The predicted octanol–water partition coefficient (Wildman–Crippen LogP) is -0.386. The van der Waals surface area contributed by atoms with Crippen LogP contribution >= 0.6 is 0 Å². The van der Waals surface area contributed by atoms with Crippen molar-refractivity contribution in [1.29, 1.82) is 0 Å². The standard InChI is InChI=1S/C15H20O5Se/c1-15(2)19-12-11(17)10(8-16)18-14(13(12)20-15)21-9-6-4-3-5-7-9/h3-7,10-14,16-17H,8H2,1-2H3/t10-,11-,12+,13+,14-/m1/s1. The maximum atomic E-state index is 10.3. The molecule has 1 aromatic rings. The average molecular weight is 359 g/mol. The Bertz CT molecular complexity index is 480. The zero-order valence-electron chi connectivity index (χ0n) is 12.0. The van der Waals surface area contributed by atoms with Crippen molar-refractivity contribution in [3.63, 3.8) is 0 Å². The molecule has 0 spiro atoms. The Morgan fingerprint density at radius 3 is 2.48 bits per heavy atom. The number of fused-ring (bicyclic) bond motifs is 1. The molecule has 0 bridgehead atoms. The molecule has 2 fully saturated rings. The SMILES string of the molecule is CC1(C)O[C@H]2[C@H](O)[C@@H](CO)O[C@H]([Se]c3ccccc3)[C@H]2O1. The fourth-order valence-electron chi connectivity index (χ4n) is 2.71. The first-order valence-corrected chi connectivity index (χ1v) is 8.86. The summed E-state index contributed by atoms with van der Waals surface area (Å²) < 4.78 is 18.8. The van der Waals surface area contributed by atoms with Gasteiger partial charge in [-0.2, -0.15) is 0 Å².